The van der Waals surface area contributed by atoms with Crippen molar-refractivity contribution >= 4 is 17.4 Å². The number of aliphatic hydroxyl groups is 1. The second kappa shape index (κ2) is 7.35. The van der Waals surface area contributed by atoms with E-state index < -0.39 is 0 Å². The van der Waals surface area contributed by atoms with E-state index in [0.29, 0.717) is 42.9 Å². The second-order valence-electron chi connectivity index (χ2n) is 6.63. The first kappa shape index (κ1) is 17.6. The van der Waals surface area contributed by atoms with Crippen molar-refractivity contribution in [3.63, 3.8) is 0 Å². The molecule has 3 rings (SSSR count). The van der Waals surface area contributed by atoms with E-state index >= 15 is 0 Å². The number of amides is 2. The number of aliphatic hydroxyl groups excluding tert-OH is 1. The van der Waals surface area contributed by atoms with Crippen LogP contribution in [0.3, 0.4) is 0 Å². The van der Waals surface area contributed by atoms with Crippen molar-refractivity contribution in [1.29, 1.82) is 0 Å². The second-order valence-corrected chi connectivity index (χ2v) is 6.63. The summed E-state index contributed by atoms with van der Waals surface area (Å²) in [4.78, 5) is 29.0. The van der Waals surface area contributed by atoms with Crippen LogP contribution in [-0.2, 0) is 9.59 Å². The zero-order chi connectivity index (χ0) is 18.0. The van der Waals surface area contributed by atoms with E-state index in [1.54, 1.807) is 12.1 Å². The van der Waals surface area contributed by atoms with E-state index in [4.69, 9.17) is 0 Å². The van der Waals surface area contributed by atoms with Gasteiger partial charge in [0.25, 0.3) is 11.8 Å². The number of hydrogen-bond donors (Lipinski definition) is 1. The summed E-state index contributed by atoms with van der Waals surface area (Å²) in [6, 6.07) is 5.68. The predicted molar refractivity (Wildman–Crippen MR) is 91.7 cm³/mol. The summed E-state index contributed by atoms with van der Waals surface area (Å²) in [5.41, 5.74) is 1.29. The van der Waals surface area contributed by atoms with Gasteiger partial charge in [-0.2, -0.15) is 0 Å². The van der Waals surface area contributed by atoms with Gasteiger partial charge in [0, 0.05) is 26.2 Å². The van der Waals surface area contributed by atoms with Crippen LogP contribution in [0.5, 0.6) is 0 Å². The van der Waals surface area contributed by atoms with Gasteiger partial charge in [0.2, 0.25) is 0 Å². The Balaban J connectivity index is 2.04. The number of rotatable bonds is 5. The quantitative estimate of drug-likeness (QED) is 0.829. The van der Waals surface area contributed by atoms with Gasteiger partial charge in [-0.15, -0.1) is 0 Å². The van der Waals surface area contributed by atoms with Gasteiger partial charge in [-0.25, -0.2) is 4.39 Å². The van der Waals surface area contributed by atoms with Gasteiger partial charge >= 0.3 is 0 Å². The topological polar surface area (TPSA) is 60.9 Å². The molecule has 0 aromatic heterocycles. The summed E-state index contributed by atoms with van der Waals surface area (Å²) >= 11 is 0. The molecule has 1 aromatic rings. The highest BCUT2D eigenvalue weighted by Gasteiger charge is 2.41. The van der Waals surface area contributed by atoms with Gasteiger partial charge in [-0.05, 0) is 42.9 Å². The lowest BCUT2D eigenvalue weighted by Crippen LogP contribution is -2.40. The van der Waals surface area contributed by atoms with Crippen LogP contribution >= 0.6 is 0 Å². The van der Waals surface area contributed by atoms with Crippen LogP contribution in [0.1, 0.15) is 31.7 Å². The first-order chi connectivity index (χ1) is 12.1. The third kappa shape index (κ3) is 3.31. The van der Waals surface area contributed by atoms with Gasteiger partial charge in [0.15, 0.2) is 0 Å². The maximum absolute atomic E-state index is 13.3. The molecule has 0 saturated carbocycles. The summed E-state index contributed by atoms with van der Waals surface area (Å²) in [6.07, 6.45) is 2.45. The standard InChI is InChI=1S/C19H23FN2O3/c1-2-9-22-18(24)16(14-5-7-15(20)8-6-14)17(19(22)25)21-10-3-4-13(11-21)12-23/h5-8,13,23H,2-4,9-12H2,1H3. The highest BCUT2D eigenvalue weighted by Crippen LogP contribution is 2.34. The molecule has 0 aliphatic carbocycles. The molecule has 1 saturated heterocycles. The molecule has 25 heavy (non-hydrogen) atoms. The minimum atomic E-state index is -0.383. The van der Waals surface area contributed by atoms with Crippen LogP contribution in [0, 0.1) is 11.7 Å². The monoisotopic (exact) mass is 346 g/mol. The Bertz CT molecular complexity index is 699. The predicted octanol–water partition coefficient (Wildman–Crippen LogP) is 2.02. The molecular formula is C19H23FN2O3. The maximum atomic E-state index is 13.3. The molecule has 2 heterocycles. The zero-order valence-corrected chi connectivity index (χ0v) is 14.4. The Morgan fingerprint density at radius 3 is 2.56 bits per heavy atom. The lowest BCUT2D eigenvalue weighted by Gasteiger charge is -2.34. The molecule has 1 unspecified atom stereocenters. The van der Waals surface area contributed by atoms with E-state index in [0.717, 1.165) is 12.8 Å². The van der Waals surface area contributed by atoms with E-state index in [1.807, 2.05) is 11.8 Å². The van der Waals surface area contributed by atoms with Crippen molar-refractivity contribution in [2.24, 2.45) is 5.92 Å². The number of carbonyl (C=O) groups is 2. The lowest BCUT2D eigenvalue weighted by molar-refractivity contribution is -0.137. The number of nitrogens with zero attached hydrogens (tertiary/aromatic N) is 2. The minimum Gasteiger partial charge on any atom is -0.396 e. The molecule has 5 nitrogen and oxygen atoms in total. The Kier molecular flexibility index (Phi) is 5.18. The van der Waals surface area contributed by atoms with Gasteiger partial charge in [0.1, 0.15) is 11.5 Å². The summed E-state index contributed by atoms with van der Waals surface area (Å²) < 4.78 is 13.3. The van der Waals surface area contributed by atoms with Crippen LogP contribution in [0.4, 0.5) is 4.39 Å². The number of hydrogen-bond acceptors (Lipinski definition) is 4. The third-order valence-electron chi connectivity index (χ3n) is 4.82. The summed E-state index contributed by atoms with van der Waals surface area (Å²) in [6.45, 7) is 3.57. The van der Waals surface area contributed by atoms with E-state index in [2.05, 4.69) is 0 Å². The normalized spacial score (nSPS) is 21.5. The third-order valence-corrected chi connectivity index (χ3v) is 4.82. The minimum absolute atomic E-state index is 0.0659. The first-order valence-corrected chi connectivity index (χ1v) is 8.79. The molecule has 0 spiro atoms. The first-order valence-electron chi connectivity index (χ1n) is 8.79. The number of carbonyl (C=O) groups excluding carboxylic acids is 2. The Morgan fingerprint density at radius 1 is 1.20 bits per heavy atom. The van der Waals surface area contributed by atoms with Crippen molar-refractivity contribution in [3.8, 4) is 0 Å². The van der Waals surface area contributed by atoms with Crippen LogP contribution < -0.4 is 0 Å². The fourth-order valence-electron chi connectivity index (χ4n) is 3.58. The molecule has 6 heteroatoms. The summed E-state index contributed by atoms with van der Waals surface area (Å²) in [7, 11) is 0. The molecule has 1 fully saturated rings. The Hall–Kier alpha value is -2.21. The number of likely N-dealkylation sites (tertiary alicyclic amines) is 1. The molecular weight excluding hydrogens is 323 g/mol. The Labute approximate surface area is 146 Å². The Morgan fingerprint density at radius 2 is 1.92 bits per heavy atom. The molecule has 2 aliphatic heterocycles. The molecule has 0 radical (unpaired) electrons. The van der Waals surface area contributed by atoms with Crippen molar-refractivity contribution < 1.29 is 19.1 Å². The average Bonchev–Trinajstić information content (AvgIpc) is 2.87. The number of imide groups is 1. The van der Waals surface area contributed by atoms with Crippen molar-refractivity contribution in [2.45, 2.75) is 26.2 Å². The highest BCUT2D eigenvalue weighted by atomic mass is 19.1. The fourth-order valence-corrected chi connectivity index (χ4v) is 3.58. The van der Waals surface area contributed by atoms with Crippen LogP contribution in [0.25, 0.3) is 5.57 Å². The largest absolute Gasteiger partial charge is 0.396 e. The lowest BCUT2D eigenvalue weighted by atomic mass is 9.97. The smallest absolute Gasteiger partial charge is 0.277 e. The van der Waals surface area contributed by atoms with E-state index in [-0.39, 0.29) is 30.2 Å². The molecule has 1 N–H and O–H groups in total. The SMILES string of the molecule is CCCN1C(=O)C(c2ccc(F)cc2)=C(N2CCCC(CO)C2)C1=O. The van der Waals surface area contributed by atoms with Crippen molar-refractivity contribution in [3.05, 3.63) is 41.3 Å². The molecule has 134 valence electrons. The van der Waals surface area contributed by atoms with Crippen molar-refractivity contribution in [2.75, 3.05) is 26.2 Å². The highest BCUT2D eigenvalue weighted by molar-refractivity contribution is 6.35. The number of benzene rings is 1. The average molecular weight is 346 g/mol. The van der Waals surface area contributed by atoms with E-state index in [9.17, 15) is 19.1 Å². The van der Waals surface area contributed by atoms with Crippen LogP contribution in [0.2, 0.25) is 0 Å². The summed E-state index contributed by atoms with van der Waals surface area (Å²) in [5, 5.41) is 9.47. The number of halogens is 1. The van der Waals surface area contributed by atoms with Crippen LogP contribution in [-0.4, -0.2) is 53.0 Å². The van der Waals surface area contributed by atoms with Crippen molar-refractivity contribution in [1.82, 2.24) is 9.80 Å². The van der Waals surface area contributed by atoms with Gasteiger partial charge < -0.3 is 10.0 Å². The summed E-state index contributed by atoms with van der Waals surface area (Å²) in [5.74, 6) is -0.894. The molecule has 1 atom stereocenters. The maximum Gasteiger partial charge on any atom is 0.277 e. The van der Waals surface area contributed by atoms with E-state index in [1.165, 1.54) is 17.0 Å². The molecule has 0 bridgehead atoms. The van der Waals surface area contributed by atoms with Gasteiger partial charge in [-0.1, -0.05) is 19.1 Å². The van der Waals surface area contributed by atoms with Gasteiger partial charge in [-0.3, -0.25) is 14.5 Å². The number of piperidine rings is 1. The molecule has 1 aromatic carbocycles. The zero-order valence-electron chi connectivity index (χ0n) is 14.4. The molecule has 2 amide bonds. The fraction of sp³-hybridized carbons (Fsp3) is 0.474. The van der Waals surface area contributed by atoms with Crippen LogP contribution in [0.15, 0.2) is 30.0 Å². The molecule has 2 aliphatic rings. The van der Waals surface area contributed by atoms with Gasteiger partial charge in [0.05, 0.1) is 5.57 Å².